The lowest BCUT2D eigenvalue weighted by Crippen LogP contribution is -2.52. The Bertz CT molecular complexity index is 1630. The maximum absolute atomic E-state index is 14.1. The maximum Gasteiger partial charge on any atom is 0.303 e. The van der Waals surface area contributed by atoms with Gasteiger partial charge in [0.15, 0.2) is 12.2 Å². The van der Waals surface area contributed by atoms with Crippen molar-refractivity contribution in [2.75, 3.05) is 7.11 Å². The normalized spacial score (nSPS) is 18.5. The van der Waals surface area contributed by atoms with E-state index in [9.17, 15) is 14.4 Å². The summed E-state index contributed by atoms with van der Waals surface area (Å²) >= 11 is 0. The van der Waals surface area contributed by atoms with Crippen LogP contribution in [0.25, 0.3) is 32.6 Å². The summed E-state index contributed by atoms with van der Waals surface area (Å²) in [5.41, 5.74) is 0.364. The van der Waals surface area contributed by atoms with Crippen molar-refractivity contribution in [3.63, 3.8) is 0 Å². The molecule has 186 valence electrons. The highest BCUT2D eigenvalue weighted by Crippen LogP contribution is 2.49. The van der Waals surface area contributed by atoms with Crippen LogP contribution < -0.4 is 14.9 Å². The summed E-state index contributed by atoms with van der Waals surface area (Å²) in [5, 5.41) is 2.64. The van der Waals surface area contributed by atoms with Gasteiger partial charge >= 0.3 is 11.9 Å². The smallest absolute Gasteiger partial charge is 0.303 e. The third kappa shape index (κ3) is 3.47. The molecular weight excluding hydrogens is 462 g/mol. The number of aromatic nitrogens is 1. The molecule has 1 aromatic heterocycles. The molecule has 36 heavy (non-hydrogen) atoms. The number of esters is 2. The summed E-state index contributed by atoms with van der Waals surface area (Å²) < 4.78 is 25.3. The first-order valence-electron chi connectivity index (χ1n) is 11.6. The van der Waals surface area contributed by atoms with Gasteiger partial charge in [-0.1, -0.05) is 30.3 Å². The van der Waals surface area contributed by atoms with Crippen LogP contribution in [0.3, 0.4) is 0 Å². The molecule has 0 aliphatic carbocycles. The summed E-state index contributed by atoms with van der Waals surface area (Å²) in [7, 11) is 3.33. The highest BCUT2D eigenvalue weighted by atomic mass is 16.6. The third-order valence-corrected chi connectivity index (χ3v) is 6.75. The minimum Gasteiger partial charge on any atom is -0.496 e. The molecule has 0 N–H and O–H groups in total. The second-order valence-electron chi connectivity index (χ2n) is 9.55. The Labute approximate surface area is 207 Å². The molecule has 1 aliphatic heterocycles. The highest BCUT2D eigenvalue weighted by Gasteiger charge is 2.50. The number of nitrogens with zero attached hydrogens (tertiary/aromatic N) is 1. The Morgan fingerprint density at radius 1 is 1.00 bits per heavy atom. The van der Waals surface area contributed by atoms with Crippen molar-refractivity contribution in [1.82, 2.24) is 4.57 Å². The lowest BCUT2D eigenvalue weighted by Gasteiger charge is -2.43. The Hall–Kier alpha value is -4.07. The van der Waals surface area contributed by atoms with Crippen LogP contribution in [0.1, 0.15) is 39.4 Å². The van der Waals surface area contributed by atoms with Gasteiger partial charge in [-0.2, -0.15) is 0 Å². The van der Waals surface area contributed by atoms with E-state index in [-0.39, 0.29) is 5.43 Å². The number of methoxy groups -OCH3 is 1. The number of aryl methyl sites for hydroxylation is 1. The topological polar surface area (TPSA) is 93.1 Å². The first kappa shape index (κ1) is 23.7. The van der Waals surface area contributed by atoms with E-state index in [1.54, 1.807) is 19.9 Å². The number of carbonyl (C=O) groups is 2. The van der Waals surface area contributed by atoms with Crippen LogP contribution in [0.4, 0.5) is 0 Å². The number of pyridine rings is 1. The fraction of sp³-hybridized carbons (Fsp3) is 0.321. The summed E-state index contributed by atoms with van der Waals surface area (Å²) in [6.45, 7) is 6.08. The molecule has 8 heteroatoms. The molecule has 8 nitrogen and oxygen atoms in total. The van der Waals surface area contributed by atoms with Gasteiger partial charge in [-0.15, -0.1) is 0 Å². The molecule has 0 saturated carbocycles. The van der Waals surface area contributed by atoms with E-state index in [0.29, 0.717) is 38.9 Å². The van der Waals surface area contributed by atoms with E-state index in [0.717, 1.165) is 10.8 Å². The Balaban J connectivity index is 1.98. The van der Waals surface area contributed by atoms with E-state index < -0.39 is 29.7 Å². The Kier molecular flexibility index (Phi) is 5.43. The van der Waals surface area contributed by atoms with Gasteiger partial charge in [0.2, 0.25) is 5.43 Å². The van der Waals surface area contributed by atoms with Gasteiger partial charge in [0.05, 0.1) is 34.5 Å². The molecule has 1 aliphatic rings. The van der Waals surface area contributed by atoms with Gasteiger partial charge in [0.25, 0.3) is 0 Å². The van der Waals surface area contributed by atoms with Crippen molar-refractivity contribution in [3.05, 3.63) is 58.3 Å². The molecule has 4 aromatic rings. The minimum absolute atomic E-state index is 0.218. The SMILES string of the molecule is COc1cc2c(c3c1c(=O)c1c4ccccc4ccc1n3C)[C@H](OC(C)=O)[C@H](OC(C)=O)C(C)(C)O2. The van der Waals surface area contributed by atoms with Crippen LogP contribution in [-0.4, -0.2) is 35.3 Å². The van der Waals surface area contributed by atoms with Crippen LogP contribution in [0.2, 0.25) is 0 Å². The number of benzene rings is 3. The zero-order valence-electron chi connectivity index (χ0n) is 21.0. The molecule has 2 heterocycles. The zero-order valence-corrected chi connectivity index (χ0v) is 21.0. The molecule has 2 atom stereocenters. The zero-order chi connectivity index (χ0) is 25.9. The van der Waals surface area contributed by atoms with Crippen LogP contribution in [0.5, 0.6) is 11.5 Å². The minimum atomic E-state index is -1.04. The second-order valence-corrected chi connectivity index (χ2v) is 9.55. The molecule has 0 unspecified atom stereocenters. The number of carbonyl (C=O) groups excluding carboxylic acids is 2. The van der Waals surface area contributed by atoms with Crippen molar-refractivity contribution >= 4 is 44.5 Å². The molecule has 0 amide bonds. The van der Waals surface area contributed by atoms with Gasteiger partial charge in [-0.05, 0) is 30.7 Å². The van der Waals surface area contributed by atoms with E-state index in [2.05, 4.69) is 0 Å². The van der Waals surface area contributed by atoms with Crippen molar-refractivity contribution in [3.8, 4) is 11.5 Å². The first-order valence-corrected chi connectivity index (χ1v) is 11.6. The average molecular weight is 490 g/mol. The summed E-state index contributed by atoms with van der Waals surface area (Å²) in [4.78, 5) is 38.4. The van der Waals surface area contributed by atoms with E-state index in [4.69, 9.17) is 18.9 Å². The van der Waals surface area contributed by atoms with Gasteiger partial charge in [-0.25, -0.2) is 0 Å². The van der Waals surface area contributed by atoms with Crippen molar-refractivity contribution in [2.45, 2.75) is 45.5 Å². The van der Waals surface area contributed by atoms with E-state index in [1.165, 1.54) is 21.0 Å². The largest absolute Gasteiger partial charge is 0.496 e. The number of rotatable bonds is 3. The second kappa shape index (κ2) is 8.26. The van der Waals surface area contributed by atoms with Crippen molar-refractivity contribution in [2.24, 2.45) is 7.05 Å². The average Bonchev–Trinajstić information content (AvgIpc) is 2.82. The molecule has 5 rings (SSSR count). The van der Waals surface area contributed by atoms with Gasteiger partial charge in [0, 0.05) is 27.0 Å². The molecule has 0 saturated heterocycles. The van der Waals surface area contributed by atoms with Crippen LogP contribution in [0, 0.1) is 0 Å². The van der Waals surface area contributed by atoms with Gasteiger partial charge < -0.3 is 23.5 Å². The quantitative estimate of drug-likeness (QED) is 0.237. The molecule has 0 fully saturated rings. The van der Waals surface area contributed by atoms with Crippen LogP contribution in [-0.2, 0) is 26.1 Å². The summed E-state index contributed by atoms with van der Waals surface area (Å²) in [5.74, 6) is -0.376. The Morgan fingerprint density at radius 3 is 2.36 bits per heavy atom. The molecule has 3 aromatic carbocycles. The van der Waals surface area contributed by atoms with Crippen molar-refractivity contribution in [1.29, 1.82) is 0 Å². The fourth-order valence-corrected chi connectivity index (χ4v) is 5.29. The summed E-state index contributed by atoms with van der Waals surface area (Å²) in [6, 6.07) is 13.2. The standard InChI is InChI=1S/C28H27NO7/c1-14(30)34-26-23-20(36-28(3,4)27(26)35-15(2)31)13-19(33-6)22-24(23)29(5)18-12-11-16-9-7-8-10-17(16)21(18)25(22)32/h7-13,26-27H,1-6H3/t26-,27-/m0/s1. The van der Waals surface area contributed by atoms with Crippen LogP contribution in [0.15, 0.2) is 47.3 Å². The van der Waals surface area contributed by atoms with Gasteiger partial charge in [-0.3, -0.25) is 14.4 Å². The lowest BCUT2D eigenvalue weighted by molar-refractivity contribution is -0.187. The monoisotopic (exact) mass is 489 g/mol. The number of ether oxygens (including phenoxy) is 4. The first-order chi connectivity index (χ1) is 17.0. The predicted octanol–water partition coefficient (Wildman–Crippen LogP) is 4.56. The highest BCUT2D eigenvalue weighted by molar-refractivity contribution is 6.11. The molecule has 0 bridgehead atoms. The maximum atomic E-state index is 14.1. The molecule has 0 radical (unpaired) electrons. The third-order valence-electron chi connectivity index (χ3n) is 6.75. The number of hydrogen-bond acceptors (Lipinski definition) is 7. The van der Waals surface area contributed by atoms with Gasteiger partial charge in [0.1, 0.15) is 17.1 Å². The predicted molar refractivity (Wildman–Crippen MR) is 136 cm³/mol. The number of fused-ring (bicyclic) bond motifs is 6. The molecular formula is C28H27NO7. The van der Waals surface area contributed by atoms with Crippen molar-refractivity contribution < 1.29 is 28.5 Å². The summed E-state index contributed by atoms with van der Waals surface area (Å²) in [6.07, 6.45) is -1.97. The lowest BCUT2D eigenvalue weighted by atomic mass is 9.86. The molecule has 0 spiro atoms. The Morgan fingerprint density at radius 2 is 1.69 bits per heavy atom. The van der Waals surface area contributed by atoms with E-state index >= 15 is 0 Å². The van der Waals surface area contributed by atoms with Crippen LogP contribution >= 0.6 is 0 Å². The fourth-order valence-electron chi connectivity index (χ4n) is 5.29. The number of hydrogen-bond donors (Lipinski definition) is 0. The van der Waals surface area contributed by atoms with E-state index in [1.807, 2.05) is 48.0 Å².